The molecule has 3 aromatic rings. The first-order valence-corrected chi connectivity index (χ1v) is 8.39. The second-order valence-corrected chi connectivity index (χ2v) is 5.98. The molecular formula is C21H21N3. The summed E-state index contributed by atoms with van der Waals surface area (Å²) in [5, 5.41) is 9.23. The summed E-state index contributed by atoms with van der Waals surface area (Å²) in [5.41, 5.74) is 5.52. The van der Waals surface area contributed by atoms with Gasteiger partial charge in [0.15, 0.2) is 0 Å². The van der Waals surface area contributed by atoms with Crippen LogP contribution in [-0.2, 0) is 13.0 Å². The van der Waals surface area contributed by atoms with Crippen LogP contribution in [0, 0.1) is 11.3 Å². The molecule has 0 atom stereocenters. The molecule has 0 spiro atoms. The highest BCUT2D eigenvalue weighted by Gasteiger charge is 2.08. The van der Waals surface area contributed by atoms with Gasteiger partial charge in [0.05, 0.1) is 11.6 Å². The van der Waals surface area contributed by atoms with Gasteiger partial charge in [0.25, 0.3) is 0 Å². The zero-order valence-electron chi connectivity index (χ0n) is 13.9. The van der Waals surface area contributed by atoms with Crippen LogP contribution >= 0.6 is 0 Å². The van der Waals surface area contributed by atoms with E-state index >= 15 is 0 Å². The van der Waals surface area contributed by atoms with Gasteiger partial charge >= 0.3 is 0 Å². The summed E-state index contributed by atoms with van der Waals surface area (Å²) >= 11 is 0. The average Bonchev–Trinajstić information content (AvgIpc) is 3.09. The standard InChI is InChI=1S/C21H21N3/c1-2-3-6-17-9-11-23-14-21(17)20-10-12-24(16-20)15-19-8-5-4-7-18(19)13-22/h4-5,7-12,14,16H,2-3,6,15H2,1H3. The van der Waals surface area contributed by atoms with Crippen molar-refractivity contribution in [1.29, 1.82) is 5.26 Å². The van der Waals surface area contributed by atoms with Gasteiger partial charge in [0, 0.05) is 42.5 Å². The summed E-state index contributed by atoms with van der Waals surface area (Å²) < 4.78 is 2.13. The van der Waals surface area contributed by atoms with E-state index in [4.69, 9.17) is 0 Å². The van der Waals surface area contributed by atoms with E-state index < -0.39 is 0 Å². The van der Waals surface area contributed by atoms with Gasteiger partial charge in [-0.25, -0.2) is 0 Å². The number of nitrogens with zero attached hydrogens (tertiary/aromatic N) is 3. The Kier molecular flexibility index (Phi) is 5.08. The van der Waals surface area contributed by atoms with Gasteiger partial charge in [-0.2, -0.15) is 5.26 Å². The third-order valence-electron chi connectivity index (χ3n) is 4.26. The summed E-state index contributed by atoms with van der Waals surface area (Å²) in [6.07, 6.45) is 11.5. The normalized spacial score (nSPS) is 10.5. The molecule has 0 bridgehead atoms. The van der Waals surface area contributed by atoms with Gasteiger partial charge in [0.2, 0.25) is 0 Å². The second kappa shape index (κ2) is 7.61. The van der Waals surface area contributed by atoms with Crippen molar-refractivity contribution in [3.63, 3.8) is 0 Å². The van der Waals surface area contributed by atoms with Crippen molar-refractivity contribution in [3.05, 3.63) is 77.9 Å². The summed E-state index contributed by atoms with van der Waals surface area (Å²) in [6, 6.07) is 14.3. The molecule has 3 nitrogen and oxygen atoms in total. The van der Waals surface area contributed by atoms with Crippen molar-refractivity contribution >= 4 is 0 Å². The lowest BCUT2D eigenvalue weighted by Crippen LogP contribution is -1.98. The molecule has 1 aromatic carbocycles. The van der Waals surface area contributed by atoms with Crippen LogP contribution in [0.25, 0.3) is 11.1 Å². The van der Waals surface area contributed by atoms with Crippen molar-refractivity contribution in [2.45, 2.75) is 32.7 Å². The molecule has 120 valence electrons. The van der Waals surface area contributed by atoms with Crippen LogP contribution in [0.4, 0.5) is 0 Å². The van der Waals surface area contributed by atoms with Crippen LogP contribution in [0.3, 0.4) is 0 Å². The largest absolute Gasteiger partial charge is 0.349 e. The van der Waals surface area contributed by atoms with E-state index in [1.807, 2.05) is 36.7 Å². The average molecular weight is 315 g/mol. The minimum absolute atomic E-state index is 0.703. The quantitative estimate of drug-likeness (QED) is 0.655. The number of hydrogen-bond donors (Lipinski definition) is 0. The van der Waals surface area contributed by atoms with E-state index in [9.17, 15) is 5.26 Å². The Morgan fingerprint density at radius 2 is 2.00 bits per heavy atom. The van der Waals surface area contributed by atoms with Crippen LogP contribution < -0.4 is 0 Å². The first-order chi connectivity index (χ1) is 11.8. The van der Waals surface area contributed by atoms with Crippen LogP contribution in [0.2, 0.25) is 0 Å². The fourth-order valence-corrected chi connectivity index (χ4v) is 2.93. The van der Waals surface area contributed by atoms with Gasteiger partial charge in [-0.15, -0.1) is 0 Å². The summed E-state index contributed by atoms with van der Waals surface area (Å²) in [5.74, 6) is 0. The molecule has 0 fully saturated rings. The predicted molar refractivity (Wildman–Crippen MR) is 96.5 cm³/mol. The molecule has 0 saturated heterocycles. The van der Waals surface area contributed by atoms with Gasteiger partial charge in [0.1, 0.15) is 0 Å². The Hall–Kier alpha value is -2.86. The number of benzene rings is 1. The molecule has 0 radical (unpaired) electrons. The number of aryl methyl sites for hydroxylation is 1. The molecule has 0 aliphatic heterocycles. The van der Waals surface area contributed by atoms with E-state index in [1.165, 1.54) is 29.5 Å². The van der Waals surface area contributed by atoms with Gasteiger partial charge < -0.3 is 4.57 Å². The Balaban J connectivity index is 1.85. The van der Waals surface area contributed by atoms with E-state index in [0.29, 0.717) is 6.54 Å². The third kappa shape index (κ3) is 3.55. The minimum Gasteiger partial charge on any atom is -0.349 e. The summed E-state index contributed by atoms with van der Waals surface area (Å²) in [4.78, 5) is 4.30. The van der Waals surface area contributed by atoms with E-state index in [2.05, 4.69) is 47.1 Å². The summed E-state index contributed by atoms with van der Waals surface area (Å²) in [6.45, 7) is 2.91. The lowest BCUT2D eigenvalue weighted by molar-refractivity contribution is 0.794. The molecule has 0 aliphatic rings. The predicted octanol–water partition coefficient (Wildman–Crippen LogP) is 4.81. The topological polar surface area (TPSA) is 41.6 Å². The van der Waals surface area contributed by atoms with E-state index in [1.54, 1.807) is 0 Å². The molecule has 0 amide bonds. The monoisotopic (exact) mass is 315 g/mol. The minimum atomic E-state index is 0.703. The summed E-state index contributed by atoms with van der Waals surface area (Å²) in [7, 11) is 0. The van der Waals surface area contributed by atoms with Crippen LogP contribution in [-0.4, -0.2) is 9.55 Å². The third-order valence-corrected chi connectivity index (χ3v) is 4.26. The van der Waals surface area contributed by atoms with Crippen LogP contribution in [0.1, 0.15) is 36.5 Å². The molecule has 0 saturated carbocycles. The highest BCUT2D eigenvalue weighted by molar-refractivity contribution is 5.65. The first-order valence-electron chi connectivity index (χ1n) is 8.39. The molecule has 0 unspecified atom stereocenters. The van der Waals surface area contributed by atoms with Crippen LogP contribution in [0.15, 0.2) is 61.2 Å². The van der Waals surface area contributed by atoms with Crippen molar-refractivity contribution < 1.29 is 0 Å². The van der Waals surface area contributed by atoms with Crippen molar-refractivity contribution in [2.24, 2.45) is 0 Å². The Morgan fingerprint density at radius 1 is 1.12 bits per heavy atom. The van der Waals surface area contributed by atoms with Gasteiger partial charge in [-0.3, -0.25) is 4.98 Å². The maximum Gasteiger partial charge on any atom is 0.0995 e. The maximum absolute atomic E-state index is 9.23. The molecular weight excluding hydrogens is 294 g/mol. The van der Waals surface area contributed by atoms with Gasteiger partial charge in [-0.1, -0.05) is 31.5 Å². The molecule has 2 heterocycles. The highest BCUT2D eigenvalue weighted by Crippen LogP contribution is 2.25. The zero-order valence-corrected chi connectivity index (χ0v) is 13.9. The Bertz CT molecular complexity index is 855. The number of pyridine rings is 1. The smallest absolute Gasteiger partial charge is 0.0995 e. The number of hydrogen-bond acceptors (Lipinski definition) is 2. The second-order valence-electron chi connectivity index (χ2n) is 5.98. The lowest BCUT2D eigenvalue weighted by atomic mass is 10.0. The number of aromatic nitrogens is 2. The van der Waals surface area contributed by atoms with Crippen molar-refractivity contribution in [3.8, 4) is 17.2 Å². The zero-order chi connectivity index (χ0) is 16.8. The molecule has 3 heteroatoms. The fourth-order valence-electron chi connectivity index (χ4n) is 2.93. The van der Waals surface area contributed by atoms with Gasteiger partial charge in [-0.05, 0) is 42.2 Å². The number of unbranched alkanes of at least 4 members (excludes halogenated alkanes) is 1. The SMILES string of the molecule is CCCCc1ccncc1-c1ccn(Cc2ccccc2C#N)c1. The molecule has 0 N–H and O–H groups in total. The lowest BCUT2D eigenvalue weighted by Gasteiger charge is -2.07. The van der Waals surface area contributed by atoms with Crippen molar-refractivity contribution in [2.75, 3.05) is 0 Å². The fraction of sp³-hybridized carbons (Fsp3) is 0.238. The van der Waals surface area contributed by atoms with Crippen molar-refractivity contribution in [1.82, 2.24) is 9.55 Å². The Labute approximate surface area is 143 Å². The van der Waals surface area contributed by atoms with E-state index in [-0.39, 0.29) is 0 Å². The molecule has 3 rings (SSSR count). The van der Waals surface area contributed by atoms with E-state index in [0.717, 1.165) is 17.5 Å². The van der Waals surface area contributed by atoms with Crippen LogP contribution in [0.5, 0.6) is 0 Å². The molecule has 2 aromatic heterocycles. The molecule has 24 heavy (non-hydrogen) atoms. The molecule has 0 aliphatic carbocycles. The number of rotatable bonds is 6. The maximum atomic E-state index is 9.23. The Morgan fingerprint density at radius 3 is 2.83 bits per heavy atom. The first kappa shape index (κ1) is 16.0. The highest BCUT2D eigenvalue weighted by atomic mass is 14.9. The number of nitriles is 1.